The topological polar surface area (TPSA) is 86.7 Å². The Bertz CT molecular complexity index is 457. The van der Waals surface area contributed by atoms with Crippen LogP contribution >= 0.6 is 0 Å². The molecule has 0 aromatic carbocycles. The van der Waals surface area contributed by atoms with Crippen LogP contribution in [0.5, 0.6) is 0 Å². The highest BCUT2D eigenvalue weighted by Crippen LogP contribution is 2.30. The zero-order valence-corrected chi connectivity index (χ0v) is 12.8. The lowest BCUT2D eigenvalue weighted by Crippen LogP contribution is -2.57. The van der Waals surface area contributed by atoms with Crippen LogP contribution in [0.15, 0.2) is 0 Å². The van der Waals surface area contributed by atoms with Gasteiger partial charge in [-0.3, -0.25) is 4.79 Å². The number of carboxylic acids is 1. The lowest BCUT2D eigenvalue weighted by molar-refractivity contribution is -0.142. The monoisotopic (exact) mass is 304 g/mol. The summed E-state index contributed by atoms with van der Waals surface area (Å²) in [5.41, 5.74) is -0.433. The van der Waals surface area contributed by atoms with Crippen LogP contribution in [0.4, 0.5) is 0 Å². The predicted molar refractivity (Wildman–Crippen MR) is 75.5 cm³/mol. The van der Waals surface area contributed by atoms with Crippen molar-refractivity contribution in [2.45, 2.75) is 69.9 Å². The van der Waals surface area contributed by atoms with Gasteiger partial charge < -0.3 is 5.11 Å². The Kier molecular flexibility index (Phi) is 4.71. The Morgan fingerprint density at radius 2 is 1.85 bits per heavy atom. The van der Waals surface area contributed by atoms with Crippen LogP contribution in [-0.4, -0.2) is 41.9 Å². The molecule has 1 heterocycles. The average molecular weight is 304 g/mol. The molecule has 2 rings (SSSR count). The summed E-state index contributed by atoms with van der Waals surface area (Å²) in [7, 11) is -3.73. The number of carboxylic acid groups (broad SMARTS) is 1. The molecule has 20 heavy (non-hydrogen) atoms. The van der Waals surface area contributed by atoms with Gasteiger partial charge in [0, 0.05) is 12.1 Å². The lowest BCUT2D eigenvalue weighted by Gasteiger charge is -2.38. The van der Waals surface area contributed by atoms with Crippen molar-refractivity contribution in [2.75, 3.05) is 6.54 Å². The van der Waals surface area contributed by atoms with Crippen molar-refractivity contribution < 1.29 is 18.3 Å². The molecule has 0 bridgehead atoms. The summed E-state index contributed by atoms with van der Waals surface area (Å²) in [5.74, 6) is -1.05. The first-order valence-corrected chi connectivity index (χ1v) is 8.82. The van der Waals surface area contributed by atoms with E-state index in [-0.39, 0.29) is 0 Å². The SMILES string of the molecule is CC1(NS(=O)(=O)N2CCCCC2C(=O)O)CCCCC1. The number of nitrogens with zero attached hydrogens (tertiary/aromatic N) is 1. The largest absolute Gasteiger partial charge is 0.480 e. The Morgan fingerprint density at radius 3 is 2.45 bits per heavy atom. The molecule has 1 unspecified atom stereocenters. The van der Waals surface area contributed by atoms with Crippen molar-refractivity contribution in [3.05, 3.63) is 0 Å². The highest BCUT2D eigenvalue weighted by atomic mass is 32.2. The average Bonchev–Trinajstić information content (AvgIpc) is 2.38. The normalized spacial score (nSPS) is 28.1. The van der Waals surface area contributed by atoms with Crippen LogP contribution < -0.4 is 4.72 Å². The molecule has 2 fully saturated rings. The molecule has 1 atom stereocenters. The molecule has 116 valence electrons. The van der Waals surface area contributed by atoms with E-state index in [4.69, 9.17) is 0 Å². The van der Waals surface area contributed by atoms with Gasteiger partial charge in [0.25, 0.3) is 10.2 Å². The van der Waals surface area contributed by atoms with E-state index in [1.165, 1.54) is 0 Å². The molecule has 1 saturated heterocycles. The number of carbonyl (C=O) groups is 1. The van der Waals surface area contributed by atoms with Crippen LogP contribution in [0.2, 0.25) is 0 Å². The molecular formula is C13H24N2O4S. The van der Waals surface area contributed by atoms with E-state index in [1.807, 2.05) is 6.92 Å². The van der Waals surface area contributed by atoms with Crippen molar-refractivity contribution >= 4 is 16.2 Å². The number of rotatable bonds is 4. The number of nitrogens with one attached hydrogen (secondary N) is 1. The van der Waals surface area contributed by atoms with Crippen molar-refractivity contribution in [3.8, 4) is 0 Å². The van der Waals surface area contributed by atoms with E-state index in [2.05, 4.69) is 4.72 Å². The molecule has 0 aromatic heterocycles. The smallest absolute Gasteiger partial charge is 0.322 e. The summed E-state index contributed by atoms with van der Waals surface area (Å²) in [6.45, 7) is 2.21. The number of piperidine rings is 1. The van der Waals surface area contributed by atoms with Gasteiger partial charge in [-0.05, 0) is 39.0 Å². The molecular weight excluding hydrogens is 280 g/mol. The quantitative estimate of drug-likeness (QED) is 0.823. The lowest BCUT2D eigenvalue weighted by atomic mass is 9.84. The summed E-state index contributed by atoms with van der Waals surface area (Å²) >= 11 is 0. The second-order valence-corrected chi connectivity index (χ2v) is 7.81. The summed E-state index contributed by atoms with van der Waals surface area (Å²) < 4.78 is 28.9. The minimum Gasteiger partial charge on any atom is -0.480 e. The van der Waals surface area contributed by atoms with E-state index >= 15 is 0 Å². The van der Waals surface area contributed by atoms with Gasteiger partial charge in [0.1, 0.15) is 6.04 Å². The maximum Gasteiger partial charge on any atom is 0.322 e. The molecule has 6 nitrogen and oxygen atoms in total. The summed E-state index contributed by atoms with van der Waals surface area (Å²) in [6, 6.07) is -0.923. The molecule has 0 spiro atoms. The molecule has 0 amide bonds. The standard InChI is InChI=1S/C13H24N2O4S/c1-13(8-4-2-5-9-13)14-20(18,19)15-10-6-3-7-11(15)12(16)17/h11,14H,2-10H2,1H3,(H,16,17). The fraction of sp³-hybridized carbons (Fsp3) is 0.923. The third-order valence-electron chi connectivity index (χ3n) is 4.38. The first-order valence-electron chi connectivity index (χ1n) is 7.38. The van der Waals surface area contributed by atoms with Gasteiger partial charge in [0.2, 0.25) is 0 Å². The first-order chi connectivity index (χ1) is 9.34. The highest BCUT2D eigenvalue weighted by molar-refractivity contribution is 7.87. The van der Waals surface area contributed by atoms with E-state index in [0.717, 1.165) is 49.3 Å². The fourth-order valence-electron chi connectivity index (χ4n) is 3.24. The third-order valence-corrected chi connectivity index (χ3v) is 6.19. The number of hydrogen-bond donors (Lipinski definition) is 2. The maximum absolute atomic E-state index is 12.5. The molecule has 2 aliphatic rings. The minimum absolute atomic E-state index is 0.294. The summed E-state index contributed by atoms with van der Waals surface area (Å²) in [6.07, 6.45) is 6.69. The van der Waals surface area contributed by atoms with Gasteiger partial charge >= 0.3 is 5.97 Å². The van der Waals surface area contributed by atoms with Crippen LogP contribution in [0.25, 0.3) is 0 Å². The second kappa shape index (κ2) is 5.99. The predicted octanol–water partition coefficient (Wildman–Crippen LogP) is 1.48. The van der Waals surface area contributed by atoms with Gasteiger partial charge in [-0.25, -0.2) is 0 Å². The highest BCUT2D eigenvalue weighted by Gasteiger charge is 2.40. The Morgan fingerprint density at radius 1 is 1.20 bits per heavy atom. The van der Waals surface area contributed by atoms with Crippen molar-refractivity contribution in [1.82, 2.24) is 9.03 Å². The maximum atomic E-state index is 12.5. The van der Waals surface area contributed by atoms with Crippen LogP contribution in [0, 0.1) is 0 Å². The Hall–Kier alpha value is -0.660. The fourth-order valence-corrected chi connectivity index (χ4v) is 5.09. The summed E-state index contributed by atoms with van der Waals surface area (Å²) in [4.78, 5) is 11.2. The van der Waals surface area contributed by atoms with Crippen molar-refractivity contribution in [2.24, 2.45) is 0 Å². The molecule has 1 saturated carbocycles. The van der Waals surface area contributed by atoms with Gasteiger partial charge in [-0.1, -0.05) is 19.3 Å². The zero-order valence-electron chi connectivity index (χ0n) is 12.0. The van der Waals surface area contributed by atoms with E-state index < -0.39 is 27.8 Å². The number of aliphatic carboxylic acids is 1. The first kappa shape index (κ1) is 15.7. The Balaban J connectivity index is 2.13. The molecule has 0 radical (unpaired) electrons. The zero-order chi connectivity index (χ0) is 14.8. The third kappa shape index (κ3) is 3.51. The minimum atomic E-state index is -3.73. The van der Waals surface area contributed by atoms with Crippen LogP contribution in [0.1, 0.15) is 58.3 Å². The number of hydrogen-bond acceptors (Lipinski definition) is 3. The van der Waals surface area contributed by atoms with Gasteiger partial charge in [-0.15, -0.1) is 0 Å². The molecule has 1 aliphatic heterocycles. The second-order valence-electron chi connectivity index (χ2n) is 6.19. The molecule has 7 heteroatoms. The van der Waals surface area contributed by atoms with E-state index in [9.17, 15) is 18.3 Å². The van der Waals surface area contributed by atoms with Crippen LogP contribution in [0.3, 0.4) is 0 Å². The van der Waals surface area contributed by atoms with Crippen LogP contribution in [-0.2, 0) is 15.0 Å². The molecule has 0 aromatic rings. The van der Waals surface area contributed by atoms with E-state index in [1.54, 1.807) is 0 Å². The Labute approximate surface area is 120 Å². The summed E-state index contributed by atoms with van der Waals surface area (Å²) in [5, 5.41) is 9.21. The van der Waals surface area contributed by atoms with Crippen molar-refractivity contribution in [1.29, 1.82) is 0 Å². The van der Waals surface area contributed by atoms with Crippen molar-refractivity contribution in [3.63, 3.8) is 0 Å². The molecule has 1 aliphatic carbocycles. The molecule has 2 N–H and O–H groups in total. The van der Waals surface area contributed by atoms with E-state index in [0.29, 0.717) is 13.0 Å². The van der Waals surface area contributed by atoms with Gasteiger partial charge in [0.15, 0.2) is 0 Å². The van der Waals surface area contributed by atoms with Gasteiger partial charge in [-0.2, -0.15) is 17.4 Å². The van der Waals surface area contributed by atoms with Gasteiger partial charge in [0.05, 0.1) is 0 Å².